The number of hydrogen-bond donors (Lipinski definition) is 1. The molecule has 1 aliphatic heterocycles. The van der Waals surface area contributed by atoms with Gasteiger partial charge in [-0.1, -0.05) is 6.92 Å². The van der Waals surface area contributed by atoms with Crippen LogP contribution in [0.1, 0.15) is 45.4 Å². The molecule has 1 N–H and O–H groups in total. The lowest BCUT2D eigenvalue weighted by atomic mass is 9.85. The maximum absolute atomic E-state index is 3.45. The van der Waals surface area contributed by atoms with E-state index in [0.717, 1.165) is 18.0 Å². The van der Waals surface area contributed by atoms with Gasteiger partial charge in [-0.3, -0.25) is 0 Å². The Hall–Kier alpha value is -0.0800. The van der Waals surface area contributed by atoms with Crippen LogP contribution < -0.4 is 5.32 Å². The van der Waals surface area contributed by atoms with Gasteiger partial charge in [-0.05, 0) is 64.6 Å². The lowest BCUT2D eigenvalue weighted by molar-refractivity contribution is 0.104. The molecule has 0 aromatic rings. The van der Waals surface area contributed by atoms with Crippen molar-refractivity contribution in [3.05, 3.63) is 0 Å². The number of piperidine rings is 1. The quantitative estimate of drug-likeness (QED) is 0.752. The standard InChI is InChI=1S/C13H26N2/c1-11-3-5-12(6-4-11)15(2)13-7-9-14-10-8-13/h11-14H,3-10H2,1-2H3. The SMILES string of the molecule is CC1CCC(N(C)C2CCNCC2)CC1. The van der Waals surface area contributed by atoms with Gasteiger partial charge in [0.2, 0.25) is 0 Å². The van der Waals surface area contributed by atoms with E-state index in [9.17, 15) is 0 Å². The van der Waals surface area contributed by atoms with Crippen LogP contribution in [0.2, 0.25) is 0 Å². The van der Waals surface area contributed by atoms with Crippen LogP contribution in [0.4, 0.5) is 0 Å². The van der Waals surface area contributed by atoms with Crippen molar-refractivity contribution in [1.29, 1.82) is 0 Å². The summed E-state index contributed by atoms with van der Waals surface area (Å²) in [5.41, 5.74) is 0. The molecule has 2 heteroatoms. The molecule has 1 saturated carbocycles. The van der Waals surface area contributed by atoms with E-state index >= 15 is 0 Å². The molecule has 1 heterocycles. The van der Waals surface area contributed by atoms with Crippen LogP contribution in [-0.4, -0.2) is 37.1 Å². The second-order valence-electron chi connectivity index (χ2n) is 5.56. The molecule has 15 heavy (non-hydrogen) atoms. The van der Waals surface area contributed by atoms with Crippen molar-refractivity contribution < 1.29 is 0 Å². The molecule has 0 aromatic carbocycles. The zero-order chi connectivity index (χ0) is 10.7. The third-order valence-corrected chi connectivity index (χ3v) is 4.45. The highest BCUT2D eigenvalue weighted by Crippen LogP contribution is 2.28. The van der Waals surface area contributed by atoms with E-state index < -0.39 is 0 Å². The van der Waals surface area contributed by atoms with Gasteiger partial charge in [0.25, 0.3) is 0 Å². The largest absolute Gasteiger partial charge is 0.317 e. The second kappa shape index (κ2) is 5.31. The normalized spacial score (nSPS) is 34.6. The van der Waals surface area contributed by atoms with E-state index in [1.807, 2.05) is 0 Å². The van der Waals surface area contributed by atoms with Gasteiger partial charge in [-0.15, -0.1) is 0 Å². The van der Waals surface area contributed by atoms with Crippen LogP contribution in [0.15, 0.2) is 0 Å². The topological polar surface area (TPSA) is 15.3 Å². The molecular formula is C13H26N2. The molecule has 0 aromatic heterocycles. The van der Waals surface area contributed by atoms with Crippen LogP contribution in [0, 0.1) is 5.92 Å². The molecule has 1 saturated heterocycles. The first-order valence-corrected chi connectivity index (χ1v) is 6.70. The van der Waals surface area contributed by atoms with Crippen LogP contribution in [0.25, 0.3) is 0 Å². The predicted molar refractivity (Wildman–Crippen MR) is 65.1 cm³/mol. The van der Waals surface area contributed by atoms with Gasteiger partial charge < -0.3 is 10.2 Å². The van der Waals surface area contributed by atoms with Gasteiger partial charge in [0.1, 0.15) is 0 Å². The molecule has 0 bridgehead atoms. The maximum atomic E-state index is 3.45. The highest BCUT2D eigenvalue weighted by atomic mass is 15.2. The van der Waals surface area contributed by atoms with Gasteiger partial charge in [-0.25, -0.2) is 0 Å². The number of nitrogens with one attached hydrogen (secondary N) is 1. The Morgan fingerprint density at radius 2 is 1.40 bits per heavy atom. The summed E-state index contributed by atoms with van der Waals surface area (Å²) in [5, 5.41) is 3.45. The molecule has 2 rings (SSSR count). The van der Waals surface area contributed by atoms with Crippen molar-refractivity contribution in [3.63, 3.8) is 0 Å². The lowest BCUT2D eigenvalue weighted by Gasteiger charge is -2.40. The summed E-state index contributed by atoms with van der Waals surface area (Å²) in [6.07, 6.45) is 8.45. The summed E-state index contributed by atoms with van der Waals surface area (Å²) in [4.78, 5) is 2.69. The Bertz CT molecular complexity index is 179. The summed E-state index contributed by atoms with van der Waals surface area (Å²) in [5.74, 6) is 0.975. The van der Waals surface area contributed by atoms with E-state index in [1.54, 1.807) is 0 Å². The molecule has 0 unspecified atom stereocenters. The highest BCUT2D eigenvalue weighted by molar-refractivity contribution is 4.83. The average Bonchev–Trinajstić information content (AvgIpc) is 2.30. The Morgan fingerprint density at radius 3 is 2.00 bits per heavy atom. The van der Waals surface area contributed by atoms with Crippen LogP contribution in [0.5, 0.6) is 0 Å². The summed E-state index contributed by atoms with van der Waals surface area (Å²) in [7, 11) is 2.36. The van der Waals surface area contributed by atoms with Gasteiger partial charge in [0.15, 0.2) is 0 Å². The summed E-state index contributed by atoms with van der Waals surface area (Å²) < 4.78 is 0. The van der Waals surface area contributed by atoms with Gasteiger partial charge in [0, 0.05) is 12.1 Å². The van der Waals surface area contributed by atoms with Crippen molar-refractivity contribution >= 4 is 0 Å². The van der Waals surface area contributed by atoms with Crippen LogP contribution in [0.3, 0.4) is 0 Å². The first kappa shape index (κ1) is 11.4. The van der Waals surface area contributed by atoms with Crippen molar-refractivity contribution in [2.24, 2.45) is 5.92 Å². The minimum Gasteiger partial charge on any atom is -0.317 e. The first-order chi connectivity index (χ1) is 7.27. The zero-order valence-corrected chi connectivity index (χ0v) is 10.3. The fourth-order valence-corrected chi connectivity index (χ4v) is 3.16. The van der Waals surface area contributed by atoms with Gasteiger partial charge in [0.05, 0.1) is 0 Å². The van der Waals surface area contributed by atoms with Crippen molar-refractivity contribution in [2.75, 3.05) is 20.1 Å². The van der Waals surface area contributed by atoms with E-state index in [-0.39, 0.29) is 0 Å². The molecule has 88 valence electrons. The number of rotatable bonds is 2. The van der Waals surface area contributed by atoms with Crippen LogP contribution in [-0.2, 0) is 0 Å². The number of nitrogens with zero attached hydrogens (tertiary/aromatic N) is 1. The predicted octanol–water partition coefficient (Wildman–Crippen LogP) is 2.25. The molecule has 1 aliphatic carbocycles. The number of hydrogen-bond acceptors (Lipinski definition) is 2. The van der Waals surface area contributed by atoms with Crippen LogP contribution >= 0.6 is 0 Å². The van der Waals surface area contributed by atoms with Gasteiger partial charge >= 0.3 is 0 Å². The van der Waals surface area contributed by atoms with Crippen molar-refractivity contribution in [3.8, 4) is 0 Å². The van der Waals surface area contributed by atoms with E-state index in [4.69, 9.17) is 0 Å². The molecule has 0 radical (unpaired) electrons. The fourth-order valence-electron chi connectivity index (χ4n) is 3.16. The molecule has 0 spiro atoms. The monoisotopic (exact) mass is 210 g/mol. The summed E-state index contributed by atoms with van der Waals surface area (Å²) in [6, 6.07) is 1.73. The highest BCUT2D eigenvalue weighted by Gasteiger charge is 2.27. The Morgan fingerprint density at radius 1 is 0.867 bits per heavy atom. The third-order valence-electron chi connectivity index (χ3n) is 4.45. The molecule has 2 fully saturated rings. The zero-order valence-electron chi connectivity index (χ0n) is 10.3. The Labute approximate surface area is 94.4 Å². The molecular weight excluding hydrogens is 184 g/mol. The summed E-state index contributed by atoms with van der Waals surface area (Å²) in [6.45, 7) is 4.84. The maximum Gasteiger partial charge on any atom is 0.0119 e. The van der Waals surface area contributed by atoms with E-state index in [2.05, 4.69) is 24.2 Å². The molecule has 0 atom stereocenters. The van der Waals surface area contributed by atoms with E-state index in [0.29, 0.717) is 0 Å². The average molecular weight is 210 g/mol. The van der Waals surface area contributed by atoms with Crippen molar-refractivity contribution in [1.82, 2.24) is 10.2 Å². The first-order valence-electron chi connectivity index (χ1n) is 6.70. The minimum absolute atomic E-state index is 0.852. The lowest BCUT2D eigenvalue weighted by Crippen LogP contribution is -2.46. The molecule has 0 amide bonds. The van der Waals surface area contributed by atoms with Crippen molar-refractivity contribution in [2.45, 2.75) is 57.5 Å². The molecule has 2 nitrogen and oxygen atoms in total. The summed E-state index contributed by atoms with van der Waals surface area (Å²) >= 11 is 0. The van der Waals surface area contributed by atoms with E-state index in [1.165, 1.54) is 51.6 Å². The molecule has 2 aliphatic rings. The smallest absolute Gasteiger partial charge is 0.0119 e. The fraction of sp³-hybridized carbons (Fsp3) is 1.00. The minimum atomic E-state index is 0.852. The van der Waals surface area contributed by atoms with Gasteiger partial charge in [-0.2, -0.15) is 0 Å². The second-order valence-corrected chi connectivity index (χ2v) is 5.56. The Kier molecular flexibility index (Phi) is 4.04. The third kappa shape index (κ3) is 2.94. The Balaban J connectivity index is 1.81.